The van der Waals surface area contributed by atoms with E-state index in [9.17, 15) is 9.59 Å². The average Bonchev–Trinajstić information content (AvgIpc) is 3.38. The highest BCUT2D eigenvalue weighted by Crippen LogP contribution is 2.38. The molecule has 214 valence electrons. The molecule has 41 heavy (non-hydrogen) atoms. The molecule has 0 saturated heterocycles. The zero-order valence-electron chi connectivity index (χ0n) is 23.3. The van der Waals surface area contributed by atoms with Crippen molar-refractivity contribution in [2.24, 2.45) is 0 Å². The molecule has 0 saturated carbocycles. The lowest BCUT2D eigenvalue weighted by atomic mass is 10.1. The van der Waals surface area contributed by atoms with E-state index in [0.717, 1.165) is 27.0 Å². The fourth-order valence-electron chi connectivity index (χ4n) is 4.02. The van der Waals surface area contributed by atoms with Gasteiger partial charge in [-0.25, -0.2) is 0 Å². The van der Waals surface area contributed by atoms with Crippen LogP contribution in [0.4, 0.5) is 5.69 Å². The number of carbonyl (C=O) groups is 2. The smallest absolute Gasteiger partial charge is 0.251 e. The topological polar surface area (TPSA) is 117 Å². The summed E-state index contributed by atoms with van der Waals surface area (Å²) in [5, 5.41) is 15.0. The summed E-state index contributed by atoms with van der Waals surface area (Å²) in [5.74, 6) is 1.22. The first-order valence-electron chi connectivity index (χ1n) is 12.5. The molecule has 0 atom stereocenters. The molecule has 0 radical (unpaired) electrons. The van der Waals surface area contributed by atoms with Crippen molar-refractivity contribution < 1.29 is 23.8 Å². The summed E-state index contributed by atoms with van der Waals surface area (Å²) in [6.45, 7) is 4.01. The molecule has 0 aliphatic carbocycles. The number of rotatable bonds is 11. The Balaban J connectivity index is 1.54. The largest absolute Gasteiger partial charge is 0.493 e. The van der Waals surface area contributed by atoms with Crippen LogP contribution in [0.3, 0.4) is 0 Å². The van der Waals surface area contributed by atoms with Crippen LogP contribution in [0, 0.1) is 13.8 Å². The first-order chi connectivity index (χ1) is 19.7. The van der Waals surface area contributed by atoms with Crippen LogP contribution in [0.1, 0.15) is 27.3 Å². The third-order valence-corrected chi connectivity index (χ3v) is 7.58. The average molecular weight is 641 g/mol. The van der Waals surface area contributed by atoms with E-state index >= 15 is 0 Å². The number of methoxy groups -OCH3 is 3. The maximum atomic E-state index is 13.1. The molecule has 0 fully saturated rings. The Morgan fingerprint density at radius 1 is 0.927 bits per heavy atom. The van der Waals surface area contributed by atoms with Gasteiger partial charge in [0.15, 0.2) is 22.5 Å². The Morgan fingerprint density at radius 2 is 1.61 bits per heavy atom. The number of amides is 2. The van der Waals surface area contributed by atoms with Gasteiger partial charge in [0, 0.05) is 21.4 Å². The van der Waals surface area contributed by atoms with Crippen molar-refractivity contribution in [3.8, 4) is 22.9 Å². The Labute approximate surface area is 250 Å². The van der Waals surface area contributed by atoms with Crippen LogP contribution in [-0.2, 0) is 11.3 Å². The molecule has 4 rings (SSSR count). The minimum Gasteiger partial charge on any atom is -0.493 e. The normalized spacial score (nSPS) is 10.7. The molecule has 0 aliphatic rings. The number of anilines is 1. The highest BCUT2D eigenvalue weighted by atomic mass is 79.9. The van der Waals surface area contributed by atoms with Crippen LogP contribution >= 0.6 is 27.7 Å². The van der Waals surface area contributed by atoms with Gasteiger partial charge in [-0.05, 0) is 67.4 Å². The molecular weight excluding hydrogens is 610 g/mol. The van der Waals surface area contributed by atoms with Gasteiger partial charge in [0.2, 0.25) is 11.7 Å². The van der Waals surface area contributed by atoms with E-state index in [4.69, 9.17) is 14.2 Å². The van der Waals surface area contributed by atoms with Gasteiger partial charge in [-0.2, -0.15) is 0 Å². The minimum absolute atomic E-state index is 0.0772. The highest BCUT2D eigenvalue weighted by molar-refractivity contribution is 9.10. The summed E-state index contributed by atoms with van der Waals surface area (Å²) in [6.07, 6.45) is 0. The van der Waals surface area contributed by atoms with Crippen molar-refractivity contribution in [3.05, 3.63) is 81.6 Å². The Kier molecular flexibility index (Phi) is 9.90. The molecule has 0 bridgehead atoms. The number of carbonyl (C=O) groups excluding carboxylic acids is 2. The Morgan fingerprint density at radius 3 is 2.24 bits per heavy atom. The summed E-state index contributed by atoms with van der Waals surface area (Å²) in [4.78, 5) is 25.9. The zero-order valence-corrected chi connectivity index (χ0v) is 25.7. The summed E-state index contributed by atoms with van der Waals surface area (Å²) >= 11 is 4.72. The van der Waals surface area contributed by atoms with Crippen LogP contribution in [0.2, 0.25) is 0 Å². The summed E-state index contributed by atoms with van der Waals surface area (Å²) in [7, 11) is 4.47. The number of nitrogens with one attached hydrogen (secondary N) is 2. The Hall–Kier alpha value is -4.03. The minimum atomic E-state index is -0.364. The van der Waals surface area contributed by atoms with E-state index in [1.165, 1.54) is 33.1 Å². The van der Waals surface area contributed by atoms with Gasteiger partial charge in [0.25, 0.3) is 5.91 Å². The van der Waals surface area contributed by atoms with Crippen LogP contribution in [0.15, 0.2) is 64.2 Å². The monoisotopic (exact) mass is 639 g/mol. The van der Waals surface area contributed by atoms with Crippen molar-refractivity contribution >= 4 is 45.2 Å². The summed E-state index contributed by atoms with van der Waals surface area (Å²) in [5.41, 5.74) is 3.93. The fraction of sp³-hybridized carbons (Fsp3) is 0.241. The molecule has 1 heterocycles. The second kappa shape index (κ2) is 13.6. The standard InChI is InChI=1S/C29H30BrN5O5S/c1-17-6-7-18(2)22(12-17)32-26(36)16-41-29-34-33-25(35(29)21-10-8-20(30)9-11-21)15-31-28(37)19-13-23(38-3)27(40-5)24(14-19)39-4/h6-14H,15-16H2,1-5H3,(H,31,37)(H,32,36). The number of benzene rings is 3. The van der Waals surface area contributed by atoms with Gasteiger partial charge in [-0.1, -0.05) is 39.8 Å². The van der Waals surface area contributed by atoms with Crippen molar-refractivity contribution in [1.82, 2.24) is 20.1 Å². The van der Waals surface area contributed by atoms with E-state index in [1.54, 1.807) is 12.1 Å². The quantitative estimate of drug-likeness (QED) is 0.211. The number of aromatic nitrogens is 3. The lowest BCUT2D eigenvalue weighted by Crippen LogP contribution is -2.25. The first kappa shape index (κ1) is 29.9. The Bertz CT molecular complexity index is 1530. The van der Waals surface area contributed by atoms with Crippen LogP contribution < -0.4 is 24.8 Å². The molecule has 0 spiro atoms. The number of ether oxygens (including phenoxy) is 3. The molecule has 3 aromatic carbocycles. The maximum absolute atomic E-state index is 13.1. The molecular formula is C29H30BrN5O5S. The fourth-order valence-corrected chi connectivity index (χ4v) is 5.05. The van der Waals surface area contributed by atoms with Gasteiger partial charge >= 0.3 is 0 Å². The molecule has 2 amide bonds. The molecule has 10 nitrogen and oxygen atoms in total. The van der Waals surface area contributed by atoms with Crippen LogP contribution in [0.25, 0.3) is 5.69 Å². The van der Waals surface area contributed by atoms with E-state index in [1.807, 2.05) is 60.9 Å². The van der Waals surface area contributed by atoms with Crippen molar-refractivity contribution in [3.63, 3.8) is 0 Å². The molecule has 4 aromatic rings. The van der Waals surface area contributed by atoms with E-state index in [2.05, 4.69) is 36.8 Å². The van der Waals surface area contributed by atoms with E-state index < -0.39 is 0 Å². The van der Waals surface area contributed by atoms with E-state index in [-0.39, 0.29) is 24.1 Å². The molecule has 1 aromatic heterocycles. The summed E-state index contributed by atoms with van der Waals surface area (Å²) < 4.78 is 18.8. The van der Waals surface area contributed by atoms with Crippen molar-refractivity contribution in [1.29, 1.82) is 0 Å². The highest BCUT2D eigenvalue weighted by Gasteiger charge is 2.20. The molecule has 0 aliphatic heterocycles. The van der Waals surface area contributed by atoms with Gasteiger partial charge in [-0.3, -0.25) is 14.2 Å². The number of nitrogens with zero attached hydrogens (tertiary/aromatic N) is 3. The van der Waals surface area contributed by atoms with Gasteiger partial charge in [-0.15, -0.1) is 10.2 Å². The van der Waals surface area contributed by atoms with Crippen LogP contribution in [0.5, 0.6) is 17.2 Å². The predicted octanol–water partition coefficient (Wildman–Crippen LogP) is 5.33. The van der Waals surface area contributed by atoms with Crippen molar-refractivity contribution in [2.45, 2.75) is 25.5 Å². The van der Waals surface area contributed by atoms with Gasteiger partial charge in [0.05, 0.1) is 33.6 Å². The van der Waals surface area contributed by atoms with Crippen molar-refractivity contribution in [2.75, 3.05) is 32.4 Å². The van der Waals surface area contributed by atoms with Gasteiger partial charge < -0.3 is 24.8 Å². The van der Waals surface area contributed by atoms with Gasteiger partial charge in [0.1, 0.15) is 0 Å². The SMILES string of the molecule is COc1cc(C(=O)NCc2nnc(SCC(=O)Nc3cc(C)ccc3C)n2-c2ccc(Br)cc2)cc(OC)c1OC. The third-order valence-electron chi connectivity index (χ3n) is 6.12. The molecule has 2 N–H and O–H groups in total. The predicted molar refractivity (Wildman–Crippen MR) is 162 cm³/mol. The molecule has 12 heteroatoms. The number of halogens is 1. The zero-order chi connectivity index (χ0) is 29.5. The lowest BCUT2D eigenvalue weighted by molar-refractivity contribution is -0.113. The number of thioether (sulfide) groups is 1. The van der Waals surface area contributed by atoms with E-state index in [0.29, 0.717) is 33.8 Å². The second-order valence-corrected chi connectivity index (χ2v) is 10.8. The molecule has 0 unspecified atom stereocenters. The maximum Gasteiger partial charge on any atom is 0.251 e. The number of hydrogen-bond acceptors (Lipinski definition) is 8. The van der Waals surface area contributed by atoms with Crippen LogP contribution in [-0.4, -0.2) is 53.7 Å². The number of hydrogen-bond donors (Lipinski definition) is 2. The first-order valence-corrected chi connectivity index (χ1v) is 14.3. The third kappa shape index (κ3) is 7.19. The number of aryl methyl sites for hydroxylation is 2. The summed E-state index contributed by atoms with van der Waals surface area (Å²) in [6, 6.07) is 16.7. The second-order valence-electron chi connectivity index (χ2n) is 8.96. The lowest BCUT2D eigenvalue weighted by Gasteiger charge is -2.14.